The number of para-hydroxylation sites is 1. The van der Waals surface area contributed by atoms with Gasteiger partial charge in [0.1, 0.15) is 0 Å². The molecule has 1 aliphatic rings. The quantitative estimate of drug-likeness (QED) is 0.789. The Morgan fingerprint density at radius 3 is 2.81 bits per heavy atom. The molecule has 2 heterocycles. The standard InChI is InChI=1S/C11H14N4.ClH/c1-2-9-8-13-14-11(9)10(3-1)15-6-4-12-5-7-15;/h1-3,8,12H,4-7H2,(H,13,14);1H. The molecular weight excluding hydrogens is 224 g/mol. The average Bonchev–Trinajstić information content (AvgIpc) is 2.78. The number of hydrogen-bond acceptors (Lipinski definition) is 3. The first-order chi connectivity index (χ1) is 7.45. The molecule has 0 bridgehead atoms. The lowest BCUT2D eigenvalue weighted by atomic mass is 10.2. The van der Waals surface area contributed by atoms with Crippen LogP contribution in [0.25, 0.3) is 10.9 Å². The van der Waals surface area contributed by atoms with E-state index in [1.54, 1.807) is 0 Å². The minimum absolute atomic E-state index is 0. The number of benzene rings is 1. The number of rotatable bonds is 1. The van der Waals surface area contributed by atoms with Gasteiger partial charge in [-0.2, -0.15) is 5.10 Å². The molecule has 2 aromatic rings. The normalized spacial score (nSPS) is 16.1. The highest BCUT2D eigenvalue weighted by Gasteiger charge is 2.13. The van der Waals surface area contributed by atoms with E-state index in [9.17, 15) is 0 Å². The van der Waals surface area contributed by atoms with Crippen molar-refractivity contribution in [2.75, 3.05) is 31.1 Å². The summed E-state index contributed by atoms with van der Waals surface area (Å²) in [5, 5.41) is 11.7. The van der Waals surface area contributed by atoms with Crippen molar-refractivity contribution in [2.24, 2.45) is 0 Å². The van der Waals surface area contributed by atoms with E-state index in [0.29, 0.717) is 0 Å². The third kappa shape index (κ3) is 1.86. The van der Waals surface area contributed by atoms with E-state index >= 15 is 0 Å². The van der Waals surface area contributed by atoms with Gasteiger partial charge in [-0.1, -0.05) is 12.1 Å². The van der Waals surface area contributed by atoms with E-state index in [1.807, 2.05) is 6.20 Å². The van der Waals surface area contributed by atoms with Crippen LogP contribution < -0.4 is 10.2 Å². The molecule has 0 unspecified atom stereocenters. The van der Waals surface area contributed by atoms with Gasteiger partial charge in [0, 0.05) is 31.6 Å². The Balaban J connectivity index is 0.000000963. The second-order valence-corrected chi connectivity index (χ2v) is 3.85. The number of anilines is 1. The predicted molar refractivity (Wildman–Crippen MR) is 68.4 cm³/mol. The number of aromatic amines is 1. The second kappa shape index (κ2) is 4.72. The Morgan fingerprint density at radius 1 is 1.19 bits per heavy atom. The van der Waals surface area contributed by atoms with Gasteiger partial charge in [-0.05, 0) is 6.07 Å². The molecule has 1 aromatic carbocycles. The molecule has 0 aliphatic carbocycles. The molecule has 86 valence electrons. The van der Waals surface area contributed by atoms with Gasteiger partial charge < -0.3 is 10.2 Å². The van der Waals surface area contributed by atoms with E-state index in [1.165, 1.54) is 11.1 Å². The summed E-state index contributed by atoms with van der Waals surface area (Å²) in [6.07, 6.45) is 1.88. The van der Waals surface area contributed by atoms with Crippen LogP contribution in [0.15, 0.2) is 24.4 Å². The second-order valence-electron chi connectivity index (χ2n) is 3.85. The molecule has 16 heavy (non-hydrogen) atoms. The summed E-state index contributed by atoms with van der Waals surface area (Å²) in [5.74, 6) is 0. The summed E-state index contributed by atoms with van der Waals surface area (Å²) >= 11 is 0. The Bertz CT molecular complexity index is 462. The van der Waals surface area contributed by atoms with Crippen LogP contribution >= 0.6 is 12.4 Å². The van der Waals surface area contributed by atoms with Crippen molar-refractivity contribution in [3.05, 3.63) is 24.4 Å². The molecule has 0 saturated carbocycles. The maximum absolute atomic E-state index is 4.09. The highest BCUT2D eigenvalue weighted by Crippen LogP contribution is 2.24. The van der Waals surface area contributed by atoms with Gasteiger partial charge in [0.15, 0.2) is 0 Å². The maximum atomic E-state index is 4.09. The number of nitrogens with zero attached hydrogens (tertiary/aromatic N) is 2. The average molecular weight is 239 g/mol. The number of aromatic nitrogens is 2. The molecular formula is C11H15ClN4. The molecule has 2 N–H and O–H groups in total. The summed E-state index contributed by atoms with van der Waals surface area (Å²) in [4.78, 5) is 2.40. The Morgan fingerprint density at radius 2 is 2.00 bits per heavy atom. The third-order valence-electron chi connectivity index (χ3n) is 2.91. The lowest BCUT2D eigenvalue weighted by molar-refractivity contribution is 0.590. The van der Waals surface area contributed by atoms with Crippen LogP contribution in [-0.2, 0) is 0 Å². The zero-order chi connectivity index (χ0) is 10.1. The van der Waals surface area contributed by atoms with Gasteiger partial charge in [0.2, 0.25) is 0 Å². The van der Waals surface area contributed by atoms with Crippen LogP contribution in [0.4, 0.5) is 5.69 Å². The van der Waals surface area contributed by atoms with Gasteiger partial charge in [0.25, 0.3) is 0 Å². The minimum Gasteiger partial charge on any atom is -0.367 e. The number of halogens is 1. The maximum Gasteiger partial charge on any atom is 0.0883 e. The smallest absolute Gasteiger partial charge is 0.0883 e. The van der Waals surface area contributed by atoms with Crippen LogP contribution in [-0.4, -0.2) is 36.4 Å². The molecule has 0 radical (unpaired) electrons. The minimum atomic E-state index is 0. The summed E-state index contributed by atoms with van der Waals surface area (Å²) in [6, 6.07) is 6.34. The third-order valence-corrected chi connectivity index (χ3v) is 2.91. The largest absolute Gasteiger partial charge is 0.367 e. The summed E-state index contributed by atoms with van der Waals surface area (Å²) in [6.45, 7) is 4.26. The first kappa shape index (κ1) is 11.2. The number of fused-ring (bicyclic) bond motifs is 1. The Labute approximate surface area is 100 Å². The molecule has 0 amide bonds. The van der Waals surface area contributed by atoms with E-state index in [2.05, 4.69) is 38.6 Å². The van der Waals surface area contributed by atoms with E-state index in [-0.39, 0.29) is 12.4 Å². The van der Waals surface area contributed by atoms with Crippen molar-refractivity contribution < 1.29 is 0 Å². The zero-order valence-corrected chi connectivity index (χ0v) is 9.76. The topological polar surface area (TPSA) is 44.0 Å². The van der Waals surface area contributed by atoms with Gasteiger partial charge in [-0.15, -0.1) is 12.4 Å². The predicted octanol–water partition coefficient (Wildman–Crippen LogP) is 1.39. The summed E-state index contributed by atoms with van der Waals surface area (Å²) < 4.78 is 0. The fraction of sp³-hybridized carbons (Fsp3) is 0.364. The Hall–Kier alpha value is -1.26. The van der Waals surface area contributed by atoms with Gasteiger partial charge >= 0.3 is 0 Å². The van der Waals surface area contributed by atoms with Crippen molar-refractivity contribution in [2.45, 2.75) is 0 Å². The van der Waals surface area contributed by atoms with Gasteiger partial charge in [-0.25, -0.2) is 0 Å². The fourth-order valence-electron chi connectivity index (χ4n) is 2.12. The molecule has 1 fully saturated rings. The van der Waals surface area contributed by atoms with Gasteiger partial charge in [0.05, 0.1) is 17.4 Å². The zero-order valence-electron chi connectivity index (χ0n) is 8.94. The summed E-state index contributed by atoms with van der Waals surface area (Å²) in [7, 11) is 0. The van der Waals surface area contributed by atoms with Crippen molar-refractivity contribution in [3.63, 3.8) is 0 Å². The molecule has 1 aliphatic heterocycles. The molecule has 3 rings (SSSR count). The highest BCUT2D eigenvalue weighted by molar-refractivity contribution is 5.90. The van der Waals surface area contributed by atoms with Crippen LogP contribution in [0.5, 0.6) is 0 Å². The molecule has 1 saturated heterocycles. The van der Waals surface area contributed by atoms with E-state index < -0.39 is 0 Å². The fourth-order valence-corrected chi connectivity index (χ4v) is 2.12. The first-order valence-electron chi connectivity index (χ1n) is 5.33. The SMILES string of the molecule is Cl.c1cc(N2CCNCC2)c2[nH]ncc2c1. The highest BCUT2D eigenvalue weighted by atomic mass is 35.5. The molecule has 0 spiro atoms. The van der Waals surface area contributed by atoms with Crippen LogP contribution in [0.2, 0.25) is 0 Å². The number of piperazine rings is 1. The molecule has 1 aromatic heterocycles. The van der Waals surface area contributed by atoms with Gasteiger partial charge in [-0.3, -0.25) is 5.10 Å². The van der Waals surface area contributed by atoms with Crippen molar-refractivity contribution in [1.82, 2.24) is 15.5 Å². The van der Waals surface area contributed by atoms with E-state index in [4.69, 9.17) is 0 Å². The lowest BCUT2D eigenvalue weighted by Crippen LogP contribution is -2.43. The molecule has 5 heteroatoms. The van der Waals surface area contributed by atoms with Crippen molar-refractivity contribution >= 4 is 29.0 Å². The monoisotopic (exact) mass is 238 g/mol. The lowest BCUT2D eigenvalue weighted by Gasteiger charge is -2.29. The first-order valence-corrected chi connectivity index (χ1v) is 5.33. The Kier molecular flexibility index (Phi) is 3.31. The molecule has 4 nitrogen and oxygen atoms in total. The number of H-pyrrole nitrogens is 1. The van der Waals surface area contributed by atoms with Crippen LogP contribution in [0, 0.1) is 0 Å². The summed E-state index contributed by atoms with van der Waals surface area (Å²) in [5.41, 5.74) is 2.42. The number of hydrogen-bond donors (Lipinski definition) is 2. The molecule has 0 atom stereocenters. The van der Waals surface area contributed by atoms with Crippen molar-refractivity contribution in [1.29, 1.82) is 0 Å². The van der Waals surface area contributed by atoms with Crippen LogP contribution in [0.3, 0.4) is 0 Å². The number of nitrogens with one attached hydrogen (secondary N) is 2. The van der Waals surface area contributed by atoms with Crippen LogP contribution in [0.1, 0.15) is 0 Å². The van der Waals surface area contributed by atoms with E-state index in [0.717, 1.165) is 31.7 Å². The van der Waals surface area contributed by atoms with Crippen molar-refractivity contribution in [3.8, 4) is 0 Å².